The smallest absolute Gasteiger partial charge is 0.207 e. The molecule has 0 N–H and O–H groups in total. The Hall–Kier alpha value is -4.44. The highest BCUT2D eigenvalue weighted by atomic mass is 32.2. The summed E-state index contributed by atoms with van der Waals surface area (Å²) in [5, 5.41) is 0. The Balaban J connectivity index is 1.62. The summed E-state index contributed by atoms with van der Waals surface area (Å²) in [6, 6.07) is 31.7. The van der Waals surface area contributed by atoms with Gasteiger partial charge in [0.25, 0.3) is 0 Å². The van der Waals surface area contributed by atoms with E-state index in [-0.39, 0.29) is 36.0 Å². The van der Waals surface area contributed by atoms with Gasteiger partial charge in [0.1, 0.15) is 0 Å². The third kappa shape index (κ3) is 8.79. The zero-order valence-electron chi connectivity index (χ0n) is 24.8. The van der Waals surface area contributed by atoms with Crippen LogP contribution in [0.15, 0.2) is 131 Å². The lowest BCUT2D eigenvalue weighted by Gasteiger charge is -2.25. The second-order valence-corrected chi connectivity index (χ2v) is 14.1. The molecule has 0 unspecified atom stereocenters. The molecule has 0 aliphatic rings. The van der Waals surface area contributed by atoms with Gasteiger partial charge in [-0.2, -0.15) is 8.61 Å². The van der Waals surface area contributed by atoms with Gasteiger partial charge in [-0.15, -0.1) is 0 Å². The van der Waals surface area contributed by atoms with Crippen LogP contribution in [0.25, 0.3) is 0 Å². The van der Waals surface area contributed by atoms with Crippen molar-refractivity contribution in [1.82, 2.24) is 8.61 Å². The van der Waals surface area contributed by atoms with Crippen LogP contribution in [0.1, 0.15) is 22.3 Å². The lowest BCUT2D eigenvalue weighted by atomic mass is 10.2. The maximum absolute atomic E-state index is 13.7. The second kappa shape index (κ2) is 14.8. The van der Waals surface area contributed by atoms with E-state index in [1.807, 2.05) is 74.5 Å². The fraction of sp³-hybridized carbons (Fsp3) is 0.167. The quantitative estimate of drug-likeness (QED) is 0.169. The first-order chi connectivity index (χ1) is 21.1. The Morgan fingerprint density at radius 1 is 0.568 bits per heavy atom. The predicted octanol–water partition coefficient (Wildman–Crippen LogP) is 5.64. The standard InChI is InChI=1S/C36H34N2O4S2/c1-30-18-22-35(23-19-30)43(39,40)37(26-10-16-33-12-6-4-7-13-33)28-32(3)29-38(27-11-17-34-14-8-5-9-15-34)44(41,42)36-24-20-31(2)21-25-36/h4-9,12-15,18-25H,3,26-29H2,1-2H3. The summed E-state index contributed by atoms with van der Waals surface area (Å²) >= 11 is 0. The maximum Gasteiger partial charge on any atom is 0.244 e. The molecule has 4 aromatic carbocycles. The summed E-state index contributed by atoms with van der Waals surface area (Å²) in [6.07, 6.45) is 0. The molecule has 0 amide bonds. The van der Waals surface area contributed by atoms with Crippen LogP contribution in [0.4, 0.5) is 0 Å². The van der Waals surface area contributed by atoms with E-state index in [1.165, 1.54) is 8.61 Å². The number of rotatable bonds is 10. The molecular formula is C36H34N2O4S2. The molecular weight excluding hydrogens is 589 g/mol. The summed E-state index contributed by atoms with van der Waals surface area (Å²) in [5.41, 5.74) is 3.74. The van der Waals surface area contributed by atoms with Crippen molar-refractivity contribution in [3.63, 3.8) is 0 Å². The van der Waals surface area contributed by atoms with Crippen molar-refractivity contribution in [3.05, 3.63) is 144 Å². The molecule has 44 heavy (non-hydrogen) atoms. The van der Waals surface area contributed by atoms with Crippen LogP contribution < -0.4 is 0 Å². The van der Waals surface area contributed by atoms with Crippen molar-refractivity contribution in [3.8, 4) is 23.7 Å². The predicted molar refractivity (Wildman–Crippen MR) is 176 cm³/mol. The molecule has 4 aromatic rings. The van der Waals surface area contributed by atoms with Gasteiger partial charge in [0.2, 0.25) is 20.0 Å². The number of sulfonamides is 2. The first-order valence-electron chi connectivity index (χ1n) is 13.9. The number of hydrogen-bond acceptors (Lipinski definition) is 4. The van der Waals surface area contributed by atoms with Crippen molar-refractivity contribution in [1.29, 1.82) is 0 Å². The summed E-state index contributed by atoms with van der Waals surface area (Å²) in [6.45, 7) is 7.38. The average Bonchev–Trinajstić information content (AvgIpc) is 3.01. The van der Waals surface area contributed by atoms with Crippen molar-refractivity contribution >= 4 is 20.0 Å². The zero-order chi connectivity index (χ0) is 31.6. The molecule has 0 saturated heterocycles. The molecule has 224 valence electrons. The van der Waals surface area contributed by atoms with Crippen LogP contribution in [0.2, 0.25) is 0 Å². The molecule has 0 saturated carbocycles. The zero-order valence-corrected chi connectivity index (χ0v) is 26.4. The van der Waals surface area contributed by atoms with Gasteiger partial charge in [-0.05, 0) is 68.0 Å². The minimum absolute atomic E-state index is 0.108. The first-order valence-corrected chi connectivity index (χ1v) is 16.8. The summed E-state index contributed by atoms with van der Waals surface area (Å²) in [4.78, 5) is 0.241. The van der Waals surface area contributed by atoms with E-state index in [0.717, 1.165) is 22.3 Å². The van der Waals surface area contributed by atoms with Crippen molar-refractivity contribution in [2.75, 3.05) is 26.2 Å². The summed E-state index contributed by atoms with van der Waals surface area (Å²) < 4.78 is 57.4. The van der Waals surface area contributed by atoms with Gasteiger partial charge in [-0.1, -0.05) is 102 Å². The second-order valence-electron chi connectivity index (χ2n) is 10.3. The van der Waals surface area contributed by atoms with E-state index in [1.54, 1.807) is 48.5 Å². The Kier molecular flexibility index (Phi) is 10.9. The van der Waals surface area contributed by atoms with E-state index in [2.05, 4.69) is 30.3 Å². The molecule has 0 bridgehead atoms. The van der Waals surface area contributed by atoms with E-state index in [9.17, 15) is 16.8 Å². The van der Waals surface area contributed by atoms with Crippen LogP contribution in [-0.2, 0) is 20.0 Å². The Morgan fingerprint density at radius 3 is 1.25 bits per heavy atom. The SMILES string of the molecule is C=C(CN(CC#Cc1ccccc1)S(=O)(=O)c1ccc(C)cc1)CN(CC#Cc1ccccc1)S(=O)(=O)c1ccc(C)cc1. The van der Waals surface area contributed by atoms with Gasteiger partial charge in [0.05, 0.1) is 22.9 Å². The van der Waals surface area contributed by atoms with Crippen molar-refractivity contribution in [2.45, 2.75) is 23.6 Å². The molecule has 4 rings (SSSR count). The number of nitrogens with zero attached hydrogens (tertiary/aromatic N) is 2. The summed E-state index contributed by atoms with van der Waals surface area (Å²) in [7, 11) is -7.95. The third-order valence-electron chi connectivity index (χ3n) is 6.64. The molecule has 0 spiro atoms. The Morgan fingerprint density at radius 2 is 0.909 bits per heavy atom. The van der Waals surface area contributed by atoms with Gasteiger partial charge < -0.3 is 0 Å². The van der Waals surface area contributed by atoms with Gasteiger partial charge in [0.15, 0.2) is 0 Å². The molecule has 0 atom stereocenters. The monoisotopic (exact) mass is 622 g/mol. The van der Waals surface area contributed by atoms with E-state index in [4.69, 9.17) is 0 Å². The van der Waals surface area contributed by atoms with Crippen molar-refractivity contribution < 1.29 is 16.8 Å². The van der Waals surface area contributed by atoms with E-state index in [0.29, 0.717) is 5.57 Å². The minimum atomic E-state index is -3.97. The lowest BCUT2D eigenvalue weighted by Crippen LogP contribution is -2.38. The number of hydrogen-bond donors (Lipinski definition) is 0. The Labute approximate surface area is 261 Å². The molecule has 6 nitrogen and oxygen atoms in total. The minimum Gasteiger partial charge on any atom is -0.207 e. The van der Waals surface area contributed by atoms with Crippen LogP contribution in [-0.4, -0.2) is 51.6 Å². The van der Waals surface area contributed by atoms with Gasteiger partial charge in [-0.25, -0.2) is 16.8 Å². The van der Waals surface area contributed by atoms with Gasteiger partial charge in [-0.3, -0.25) is 0 Å². The fourth-order valence-corrected chi connectivity index (χ4v) is 6.95. The molecule has 0 aliphatic carbocycles. The number of aryl methyl sites for hydroxylation is 2. The molecule has 0 fully saturated rings. The summed E-state index contributed by atoms with van der Waals surface area (Å²) in [5.74, 6) is 11.9. The topological polar surface area (TPSA) is 74.8 Å². The van der Waals surface area contributed by atoms with Crippen LogP contribution in [0.3, 0.4) is 0 Å². The Bertz CT molecular complexity index is 1770. The van der Waals surface area contributed by atoms with Gasteiger partial charge >= 0.3 is 0 Å². The van der Waals surface area contributed by atoms with E-state index >= 15 is 0 Å². The van der Waals surface area contributed by atoms with E-state index < -0.39 is 20.0 Å². The van der Waals surface area contributed by atoms with Gasteiger partial charge in [0, 0.05) is 24.2 Å². The molecule has 0 aliphatic heterocycles. The first kappa shape index (κ1) is 32.5. The number of benzene rings is 4. The molecule has 0 aromatic heterocycles. The highest BCUT2D eigenvalue weighted by Crippen LogP contribution is 2.20. The van der Waals surface area contributed by atoms with Crippen LogP contribution in [0.5, 0.6) is 0 Å². The fourth-order valence-electron chi connectivity index (χ4n) is 4.22. The van der Waals surface area contributed by atoms with Crippen LogP contribution >= 0.6 is 0 Å². The molecule has 0 radical (unpaired) electrons. The lowest BCUT2D eigenvalue weighted by molar-refractivity contribution is 0.439. The maximum atomic E-state index is 13.7. The normalized spacial score (nSPS) is 11.4. The third-order valence-corrected chi connectivity index (χ3v) is 10.3. The largest absolute Gasteiger partial charge is 0.244 e. The highest BCUT2D eigenvalue weighted by Gasteiger charge is 2.28. The highest BCUT2D eigenvalue weighted by molar-refractivity contribution is 7.89. The molecule has 0 heterocycles. The van der Waals surface area contributed by atoms with Crippen molar-refractivity contribution in [2.24, 2.45) is 0 Å². The van der Waals surface area contributed by atoms with Crippen LogP contribution in [0, 0.1) is 37.5 Å². The average molecular weight is 623 g/mol. The molecule has 8 heteroatoms.